The van der Waals surface area contributed by atoms with Crippen LogP contribution in [0.2, 0.25) is 0 Å². The Morgan fingerprint density at radius 1 is 1.32 bits per heavy atom. The van der Waals surface area contributed by atoms with Crippen LogP contribution in [-0.4, -0.2) is 23.9 Å². The maximum Gasteiger partial charge on any atom is 0.256 e. The summed E-state index contributed by atoms with van der Waals surface area (Å²) in [5.74, 6) is -2.41. The summed E-state index contributed by atoms with van der Waals surface area (Å²) < 4.78 is 26.2. The Bertz CT molecular complexity index is 514. The smallest absolute Gasteiger partial charge is 0.256 e. The molecule has 0 radical (unpaired) electrons. The predicted octanol–water partition coefficient (Wildman–Crippen LogP) is 2.81. The Morgan fingerprint density at radius 2 is 1.95 bits per heavy atom. The van der Waals surface area contributed by atoms with E-state index in [0.29, 0.717) is 13.1 Å². The molecule has 1 aromatic rings. The monoisotopic (exact) mass is 268 g/mol. The number of nitrogens with zero attached hydrogens (tertiary/aromatic N) is 1. The first kappa shape index (κ1) is 13.8. The van der Waals surface area contributed by atoms with Crippen LogP contribution in [-0.2, 0) is 0 Å². The first-order valence-corrected chi connectivity index (χ1v) is 6.34. The van der Waals surface area contributed by atoms with Gasteiger partial charge in [0.05, 0.1) is 5.56 Å². The first-order chi connectivity index (χ1) is 8.80. The summed E-state index contributed by atoms with van der Waals surface area (Å²) in [6.45, 7) is 5.40. The van der Waals surface area contributed by atoms with E-state index in [1.54, 1.807) is 4.90 Å². The molecular weight excluding hydrogens is 250 g/mol. The zero-order valence-corrected chi connectivity index (χ0v) is 11.2. The van der Waals surface area contributed by atoms with Gasteiger partial charge in [0.25, 0.3) is 5.91 Å². The van der Waals surface area contributed by atoms with E-state index in [0.717, 1.165) is 25.0 Å². The number of carbonyl (C=O) groups is 1. The predicted molar refractivity (Wildman–Crippen MR) is 69.7 cm³/mol. The van der Waals surface area contributed by atoms with Crippen molar-refractivity contribution in [1.82, 2.24) is 4.90 Å². The average molecular weight is 268 g/mol. The van der Waals surface area contributed by atoms with E-state index in [1.807, 2.05) is 0 Å². The molecule has 2 rings (SSSR count). The molecule has 0 unspecified atom stereocenters. The summed E-state index contributed by atoms with van der Waals surface area (Å²) >= 11 is 0. The van der Waals surface area contributed by atoms with Crippen molar-refractivity contribution in [1.29, 1.82) is 0 Å². The second-order valence-corrected chi connectivity index (χ2v) is 5.85. The molecule has 2 N–H and O–H groups in total. The van der Waals surface area contributed by atoms with Gasteiger partial charge in [0.1, 0.15) is 0 Å². The summed E-state index contributed by atoms with van der Waals surface area (Å²) in [4.78, 5) is 14.0. The summed E-state index contributed by atoms with van der Waals surface area (Å²) in [6, 6.07) is 1.74. The second kappa shape index (κ2) is 4.79. The van der Waals surface area contributed by atoms with Gasteiger partial charge in [0, 0.05) is 24.8 Å². The molecule has 1 amide bonds. The van der Waals surface area contributed by atoms with Gasteiger partial charge in [-0.05, 0) is 24.3 Å². The van der Waals surface area contributed by atoms with Crippen LogP contribution < -0.4 is 5.73 Å². The average Bonchev–Trinajstić information content (AvgIpc) is 2.31. The van der Waals surface area contributed by atoms with Gasteiger partial charge in [-0.1, -0.05) is 13.8 Å². The Hall–Kier alpha value is -1.65. The third-order valence-corrected chi connectivity index (χ3v) is 3.51. The number of piperidine rings is 1. The maximum atomic E-state index is 13.2. The van der Waals surface area contributed by atoms with E-state index in [2.05, 4.69) is 13.8 Å². The molecule has 1 heterocycles. The van der Waals surface area contributed by atoms with Crippen molar-refractivity contribution in [3.8, 4) is 0 Å². The van der Waals surface area contributed by atoms with Gasteiger partial charge in [-0.2, -0.15) is 0 Å². The lowest BCUT2D eigenvalue weighted by Gasteiger charge is -2.38. The van der Waals surface area contributed by atoms with Crippen LogP contribution in [0.3, 0.4) is 0 Å². The highest BCUT2D eigenvalue weighted by molar-refractivity contribution is 5.99. The largest absolute Gasteiger partial charge is 0.398 e. The highest BCUT2D eigenvalue weighted by atomic mass is 19.2. The number of nitrogen functional groups attached to an aromatic ring is 1. The molecule has 0 atom stereocenters. The van der Waals surface area contributed by atoms with Gasteiger partial charge in [0.2, 0.25) is 0 Å². The minimum Gasteiger partial charge on any atom is -0.398 e. The molecule has 0 bridgehead atoms. The Balaban J connectivity index is 2.27. The lowest BCUT2D eigenvalue weighted by atomic mass is 9.84. The third-order valence-electron chi connectivity index (χ3n) is 3.51. The number of hydrogen-bond donors (Lipinski definition) is 1. The summed E-state index contributed by atoms with van der Waals surface area (Å²) in [7, 11) is 0. The summed E-state index contributed by atoms with van der Waals surface area (Å²) in [5, 5.41) is 0. The molecule has 0 aliphatic carbocycles. The van der Waals surface area contributed by atoms with Gasteiger partial charge in [0.15, 0.2) is 11.6 Å². The number of halogens is 2. The Kier molecular flexibility index (Phi) is 3.47. The lowest BCUT2D eigenvalue weighted by Crippen LogP contribution is -2.43. The van der Waals surface area contributed by atoms with Crippen molar-refractivity contribution in [2.24, 2.45) is 5.41 Å². The van der Waals surface area contributed by atoms with E-state index in [1.165, 1.54) is 0 Å². The molecular formula is C14H18F2N2O. The molecule has 5 heteroatoms. The highest BCUT2D eigenvalue weighted by Crippen LogP contribution is 2.30. The first-order valence-electron chi connectivity index (χ1n) is 6.34. The van der Waals surface area contributed by atoms with Gasteiger partial charge in [-0.15, -0.1) is 0 Å². The summed E-state index contributed by atoms with van der Waals surface area (Å²) in [6.07, 6.45) is 1.95. The highest BCUT2D eigenvalue weighted by Gasteiger charge is 2.30. The number of likely N-dealkylation sites (tertiary alicyclic amines) is 1. The van der Waals surface area contributed by atoms with Crippen LogP contribution in [0.5, 0.6) is 0 Å². The van der Waals surface area contributed by atoms with Gasteiger partial charge in [-0.3, -0.25) is 4.79 Å². The maximum absolute atomic E-state index is 13.2. The van der Waals surface area contributed by atoms with Crippen LogP contribution in [0.25, 0.3) is 0 Å². The van der Waals surface area contributed by atoms with Crippen LogP contribution in [0.15, 0.2) is 12.1 Å². The van der Waals surface area contributed by atoms with Crippen molar-refractivity contribution in [3.63, 3.8) is 0 Å². The van der Waals surface area contributed by atoms with Crippen molar-refractivity contribution in [2.75, 3.05) is 18.8 Å². The van der Waals surface area contributed by atoms with E-state index in [4.69, 9.17) is 5.73 Å². The number of carbonyl (C=O) groups excluding carboxylic acids is 1. The molecule has 0 saturated carbocycles. The topological polar surface area (TPSA) is 46.3 Å². The van der Waals surface area contributed by atoms with Crippen molar-refractivity contribution >= 4 is 11.6 Å². The minimum atomic E-state index is -1.05. The van der Waals surface area contributed by atoms with Gasteiger partial charge in [-0.25, -0.2) is 8.78 Å². The molecule has 104 valence electrons. The standard InChI is InChI=1S/C14H18F2N2O/c1-14(2)4-3-5-18(8-14)13(19)9-6-10(15)11(16)7-12(9)17/h6-7H,3-5,8,17H2,1-2H3. The number of nitrogens with two attached hydrogens (primary N) is 1. The SMILES string of the molecule is CC1(C)CCCN(C(=O)c2cc(F)c(F)cc2N)C1. The van der Waals surface area contributed by atoms with Gasteiger partial charge >= 0.3 is 0 Å². The molecule has 19 heavy (non-hydrogen) atoms. The van der Waals surface area contributed by atoms with Crippen molar-refractivity contribution in [3.05, 3.63) is 29.3 Å². The van der Waals surface area contributed by atoms with Crippen LogP contribution in [0, 0.1) is 17.0 Å². The second-order valence-electron chi connectivity index (χ2n) is 5.85. The number of amides is 1. The molecule has 1 aliphatic rings. The number of rotatable bonds is 1. The normalized spacial score (nSPS) is 18.4. The zero-order valence-electron chi connectivity index (χ0n) is 11.2. The van der Waals surface area contributed by atoms with E-state index in [9.17, 15) is 13.6 Å². The molecule has 1 fully saturated rings. The zero-order chi connectivity index (χ0) is 14.2. The lowest BCUT2D eigenvalue weighted by molar-refractivity contribution is 0.0584. The summed E-state index contributed by atoms with van der Waals surface area (Å²) in [5.41, 5.74) is 5.67. The third kappa shape index (κ3) is 2.85. The van der Waals surface area contributed by atoms with E-state index in [-0.39, 0.29) is 22.6 Å². The molecule has 1 aromatic carbocycles. The number of hydrogen-bond acceptors (Lipinski definition) is 2. The molecule has 1 saturated heterocycles. The molecule has 3 nitrogen and oxygen atoms in total. The minimum absolute atomic E-state index is 0.0210. The quantitative estimate of drug-likeness (QED) is 0.796. The fraction of sp³-hybridized carbons (Fsp3) is 0.500. The Labute approximate surface area is 111 Å². The van der Waals surface area contributed by atoms with Crippen molar-refractivity contribution in [2.45, 2.75) is 26.7 Å². The Morgan fingerprint density at radius 3 is 2.58 bits per heavy atom. The number of anilines is 1. The fourth-order valence-electron chi connectivity index (χ4n) is 2.51. The van der Waals surface area contributed by atoms with Crippen LogP contribution >= 0.6 is 0 Å². The van der Waals surface area contributed by atoms with Crippen molar-refractivity contribution < 1.29 is 13.6 Å². The van der Waals surface area contributed by atoms with Gasteiger partial charge < -0.3 is 10.6 Å². The molecule has 1 aliphatic heterocycles. The van der Waals surface area contributed by atoms with E-state index < -0.39 is 11.6 Å². The van der Waals surface area contributed by atoms with Crippen LogP contribution in [0.1, 0.15) is 37.0 Å². The van der Waals surface area contributed by atoms with E-state index >= 15 is 0 Å². The fourth-order valence-corrected chi connectivity index (χ4v) is 2.51. The number of benzene rings is 1. The molecule has 0 spiro atoms. The van der Waals surface area contributed by atoms with Crippen LogP contribution in [0.4, 0.5) is 14.5 Å². The molecule has 0 aromatic heterocycles.